The van der Waals surface area contributed by atoms with Gasteiger partial charge in [0.1, 0.15) is 0 Å². The Bertz CT molecular complexity index is 216. The summed E-state index contributed by atoms with van der Waals surface area (Å²) in [5, 5.41) is 3.62. The fraction of sp³-hybridized carbons (Fsp3) is 1.00. The number of hydrogen-bond donors (Lipinski definition) is 1. The van der Waals surface area contributed by atoms with Crippen LogP contribution in [0.3, 0.4) is 0 Å². The van der Waals surface area contributed by atoms with Gasteiger partial charge in [0, 0.05) is 12.6 Å². The predicted octanol–water partition coefficient (Wildman–Crippen LogP) is 2.02. The van der Waals surface area contributed by atoms with E-state index in [9.17, 15) is 0 Å². The minimum Gasteiger partial charge on any atom is -0.374 e. The van der Waals surface area contributed by atoms with Crippen molar-refractivity contribution < 1.29 is 4.74 Å². The number of likely N-dealkylation sites (N-methyl/N-ethyl adjacent to an activating group) is 1. The number of piperidine rings is 1. The van der Waals surface area contributed by atoms with E-state index in [1.807, 2.05) is 0 Å². The van der Waals surface area contributed by atoms with Crippen LogP contribution < -0.4 is 5.32 Å². The normalized spacial score (nSPS) is 34.4. The van der Waals surface area contributed by atoms with E-state index in [1.165, 1.54) is 51.6 Å². The highest BCUT2D eigenvalue weighted by Crippen LogP contribution is 2.19. The molecule has 3 atom stereocenters. The second kappa shape index (κ2) is 6.72. The van der Waals surface area contributed by atoms with E-state index in [4.69, 9.17) is 4.74 Å². The number of hydrogen-bond acceptors (Lipinski definition) is 3. The highest BCUT2D eigenvalue weighted by molar-refractivity contribution is 4.76. The lowest BCUT2D eigenvalue weighted by Gasteiger charge is -2.27. The van der Waals surface area contributed by atoms with E-state index >= 15 is 0 Å². The van der Waals surface area contributed by atoms with Crippen LogP contribution in [-0.4, -0.2) is 49.8 Å². The molecule has 2 aliphatic rings. The molecule has 0 amide bonds. The van der Waals surface area contributed by atoms with Crippen LogP contribution in [0.5, 0.6) is 0 Å². The maximum atomic E-state index is 5.87. The number of nitrogens with zero attached hydrogens (tertiary/aromatic N) is 1. The number of ether oxygens (including phenoxy) is 1. The van der Waals surface area contributed by atoms with Crippen LogP contribution in [-0.2, 0) is 4.74 Å². The third-order valence-electron chi connectivity index (χ3n) is 4.11. The Morgan fingerprint density at radius 1 is 1.24 bits per heavy atom. The van der Waals surface area contributed by atoms with Crippen molar-refractivity contribution in [1.29, 1.82) is 0 Å². The topological polar surface area (TPSA) is 24.5 Å². The van der Waals surface area contributed by atoms with E-state index in [2.05, 4.69) is 24.2 Å². The quantitative estimate of drug-likeness (QED) is 0.795. The Morgan fingerprint density at radius 3 is 2.76 bits per heavy atom. The van der Waals surface area contributed by atoms with Crippen molar-refractivity contribution in [2.75, 3.05) is 26.7 Å². The molecule has 17 heavy (non-hydrogen) atoms. The summed E-state index contributed by atoms with van der Waals surface area (Å²) in [4.78, 5) is 2.44. The third kappa shape index (κ3) is 4.57. The first-order valence-corrected chi connectivity index (χ1v) is 7.31. The summed E-state index contributed by atoms with van der Waals surface area (Å²) in [6.45, 7) is 5.71. The van der Waals surface area contributed by atoms with Gasteiger partial charge in [0.05, 0.1) is 12.2 Å². The smallest absolute Gasteiger partial charge is 0.0706 e. The maximum absolute atomic E-state index is 5.87. The van der Waals surface area contributed by atoms with Gasteiger partial charge in [-0.1, -0.05) is 6.42 Å². The molecular weight excluding hydrogens is 212 g/mol. The van der Waals surface area contributed by atoms with Crippen LogP contribution in [0.1, 0.15) is 45.4 Å². The van der Waals surface area contributed by atoms with Crippen molar-refractivity contribution in [2.24, 2.45) is 0 Å². The summed E-state index contributed by atoms with van der Waals surface area (Å²) in [6.07, 6.45) is 8.87. The molecule has 3 nitrogen and oxygen atoms in total. The van der Waals surface area contributed by atoms with E-state index in [1.54, 1.807) is 0 Å². The summed E-state index contributed by atoms with van der Waals surface area (Å²) in [5.74, 6) is 0. The highest BCUT2D eigenvalue weighted by atomic mass is 16.5. The van der Waals surface area contributed by atoms with Crippen LogP contribution in [0.15, 0.2) is 0 Å². The zero-order valence-electron chi connectivity index (χ0n) is 11.5. The van der Waals surface area contributed by atoms with Gasteiger partial charge in [-0.15, -0.1) is 0 Å². The van der Waals surface area contributed by atoms with Gasteiger partial charge in [0.25, 0.3) is 0 Å². The van der Waals surface area contributed by atoms with E-state index < -0.39 is 0 Å². The van der Waals surface area contributed by atoms with Gasteiger partial charge in [-0.25, -0.2) is 0 Å². The van der Waals surface area contributed by atoms with Gasteiger partial charge in [-0.05, 0) is 59.2 Å². The monoisotopic (exact) mass is 240 g/mol. The maximum Gasteiger partial charge on any atom is 0.0706 e. The van der Waals surface area contributed by atoms with Crippen molar-refractivity contribution in [3.63, 3.8) is 0 Å². The summed E-state index contributed by atoms with van der Waals surface area (Å²) < 4.78 is 5.87. The molecule has 100 valence electrons. The average molecular weight is 240 g/mol. The lowest BCUT2D eigenvalue weighted by Crippen LogP contribution is -2.38. The molecule has 2 aliphatic heterocycles. The zero-order valence-corrected chi connectivity index (χ0v) is 11.5. The molecule has 1 N–H and O–H groups in total. The molecule has 0 bridgehead atoms. The molecule has 0 aromatic heterocycles. The van der Waals surface area contributed by atoms with Crippen LogP contribution in [0.4, 0.5) is 0 Å². The summed E-state index contributed by atoms with van der Waals surface area (Å²) in [6, 6.07) is 0.759. The molecule has 0 radical (unpaired) electrons. The Balaban J connectivity index is 1.58. The molecule has 3 heteroatoms. The molecule has 2 saturated heterocycles. The highest BCUT2D eigenvalue weighted by Gasteiger charge is 2.23. The zero-order chi connectivity index (χ0) is 12.1. The van der Waals surface area contributed by atoms with Gasteiger partial charge in [0.15, 0.2) is 0 Å². The first-order chi connectivity index (χ1) is 8.24. The molecule has 0 aromatic carbocycles. The van der Waals surface area contributed by atoms with Crippen molar-refractivity contribution in [1.82, 2.24) is 10.2 Å². The van der Waals surface area contributed by atoms with Crippen molar-refractivity contribution >= 4 is 0 Å². The van der Waals surface area contributed by atoms with Gasteiger partial charge in [-0.3, -0.25) is 0 Å². The molecule has 3 unspecified atom stereocenters. The molecule has 0 saturated carbocycles. The number of nitrogens with one attached hydrogen (secondary N) is 1. The van der Waals surface area contributed by atoms with Gasteiger partial charge < -0.3 is 15.0 Å². The van der Waals surface area contributed by atoms with Crippen LogP contribution >= 0.6 is 0 Å². The summed E-state index contributed by atoms with van der Waals surface area (Å²) >= 11 is 0. The molecule has 0 aliphatic carbocycles. The minimum atomic E-state index is 0.480. The molecule has 0 spiro atoms. The molecule has 2 rings (SSSR count). The fourth-order valence-corrected chi connectivity index (χ4v) is 3.01. The van der Waals surface area contributed by atoms with Crippen LogP contribution in [0, 0.1) is 0 Å². The first-order valence-electron chi connectivity index (χ1n) is 7.31. The van der Waals surface area contributed by atoms with Gasteiger partial charge >= 0.3 is 0 Å². The summed E-state index contributed by atoms with van der Waals surface area (Å²) in [5.41, 5.74) is 0. The second-order valence-electron chi connectivity index (χ2n) is 5.84. The Kier molecular flexibility index (Phi) is 5.26. The Morgan fingerprint density at radius 2 is 2.12 bits per heavy atom. The van der Waals surface area contributed by atoms with E-state index in [0.717, 1.165) is 12.6 Å². The van der Waals surface area contributed by atoms with E-state index in [0.29, 0.717) is 12.2 Å². The van der Waals surface area contributed by atoms with Crippen LogP contribution in [0.2, 0.25) is 0 Å². The van der Waals surface area contributed by atoms with Crippen molar-refractivity contribution in [3.05, 3.63) is 0 Å². The average Bonchev–Trinajstić information content (AvgIpc) is 2.73. The second-order valence-corrected chi connectivity index (χ2v) is 5.84. The molecule has 2 fully saturated rings. The SMILES string of the molecule is CC1CCC(CN(C)CCC2CCCCN2)O1. The van der Waals surface area contributed by atoms with Crippen molar-refractivity contribution in [3.8, 4) is 0 Å². The largest absolute Gasteiger partial charge is 0.374 e. The Hall–Kier alpha value is -0.120. The predicted molar refractivity (Wildman–Crippen MR) is 71.3 cm³/mol. The lowest BCUT2D eigenvalue weighted by atomic mass is 10.0. The molecule has 0 aromatic rings. The molecule has 2 heterocycles. The third-order valence-corrected chi connectivity index (χ3v) is 4.11. The Labute approximate surface area is 106 Å². The van der Waals surface area contributed by atoms with E-state index in [-0.39, 0.29) is 0 Å². The minimum absolute atomic E-state index is 0.480. The van der Waals surface area contributed by atoms with Gasteiger partial charge in [0.2, 0.25) is 0 Å². The van der Waals surface area contributed by atoms with Crippen molar-refractivity contribution in [2.45, 2.75) is 63.7 Å². The fourth-order valence-electron chi connectivity index (χ4n) is 3.01. The van der Waals surface area contributed by atoms with Crippen LogP contribution in [0.25, 0.3) is 0 Å². The standard InChI is InChI=1S/C14H28N2O/c1-12-6-7-14(17-12)11-16(2)10-8-13-5-3-4-9-15-13/h12-15H,3-11H2,1-2H3. The van der Waals surface area contributed by atoms with Gasteiger partial charge in [-0.2, -0.15) is 0 Å². The first kappa shape index (κ1) is 13.3. The lowest BCUT2D eigenvalue weighted by molar-refractivity contribution is 0.0357. The number of rotatable bonds is 5. The summed E-state index contributed by atoms with van der Waals surface area (Å²) in [7, 11) is 2.23. The molecular formula is C14H28N2O.